The van der Waals surface area contributed by atoms with Crippen LogP contribution in [0, 0.1) is 0 Å². The Balaban J connectivity index is 1.47. The van der Waals surface area contributed by atoms with Gasteiger partial charge < -0.3 is 9.73 Å². The molecule has 0 saturated heterocycles. The van der Waals surface area contributed by atoms with Crippen molar-refractivity contribution in [2.45, 2.75) is 11.8 Å². The second-order valence-electron chi connectivity index (χ2n) is 4.40. The molecule has 0 spiro atoms. The van der Waals surface area contributed by atoms with Gasteiger partial charge in [0.1, 0.15) is 0 Å². The number of nitrogens with one attached hydrogen (secondary N) is 1. The van der Waals surface area contributed by atoms with Gasteiger partial charge in [0.05, 0.1) is 10.6 Å². The second-order valence-corrected chi connectivity index (χ2v) is 6.28. The highest BCUT2D eigenvalue weighted by Crippen LogP contribution is 2.26. The standard InChI is InChI=1S/C15H13N3O2S2/c19-13(16-9-11-5-2-1-3-6-11)10-22-15-18-17-14(20-15)12-7-4-8-21-12/h1-8H,9-10H2,(H,16,19). The first-order valence-corrected chi connectivity index (χ1v) is 8.48. The third kappa shape index (κ3) is 3.96. The van der Waals surface area contributed by atoms with Gasteiger partial charge in [-0.2, -0.15) is 0 Å². The molecule has 3 rings (SSSR count). The van der Waals surface area contributed by atoms with Crippen LogP contribution in [0.15, 0.2) is 57.5 Å². The van der Waals surface area contributed by atoms with Crippen LogP contribution in [0.4, 0.5) is 0 Å². The second kappa shape index (κ2) is 7.24. The fourth-order valence-electron chi connectivity index (χ4n) is 1.74. The summed E-state index contributed by atoms with van der Waals surface area (Å²) in [5, 5.41) is 13.1. The molecule has 0 fully saturated rings. The van der Waals surface area contributed by atoms with Crippen LogP contribution in [-0.2, 0) is 11.3 Å². The molecule has 1 N–H and O–H groups in total. The maximum absolute atomic E-state index is 11.8. The first kappa shape index (κ1) is 14.8. The van der Waals surface area contributed by atoms with E-state index in [2.05, 4.69) is 15.5 Å². The predicted octanol–water partition coefficient (Wildman–Crippen LogP) is 3.21. The van der Waals surface area contributed by atoms with Gasteiger partial charge >= 0.3 is 0 Å². The van der Waals surface area contributed by atoms with Crippen LogP contribution < -0.4 is 5.32 Å². The third-order valence-corrected chi connectivity index (χ3v) is 4.47. The Kier molecular flexibility index (Phi) is 4.87. The molecule has 0 saturated carbocycles. The number of benzene rings is 1. The molecule has 1 amide bonds. The van der Waals surface area contributed by atoms with Crippen molar-refractivity contribution in [1.82, 2.24) is 15.5 Å². The summed E-state index contributed by atoms with van der Waals surface area (Å²) in [7, 11) is 0. The number of nitrogens with zero attached hydrogens (tertiary/aromatic N) is 2. The molecule has 22 heavy (non-hydrogen) atoms. The van der Waals surface area contributed by atoms with Gasteiger partial charge in [0.15, 0.2) is 0 Å². The Morgan fingerprint density at radius 3 is 2.82 bits per heavy atom. The Morgan fingerprint density at radius 2 is 2.05 bits per heavy atom. The molecule has 0 aliphatic heterocycles. The number of hydrogen-bond acceptors (Lipinski definition) is 6. The highest BCUT2D eigenvalue weighted by Gasteiger charge is 2.11. The van der Waals surface area contributed by atoms with Crippen molar-refractivity contribution >= 4 is 29.0 Å². The van der Waals surface area contributed by atoms with Gasteiger partial charge in [-0.3, -0.25) is 4.79 Å². The van der Waals surface area contributed by atoms with Crippen LogP contribution in [0.2, 0.25) is 0 Å². The van der Waals surface area contributed by atoms with Crippen molar-refractivity contribution in [1.29, 1.82) is 0 Å². The predicted molar refractivity (Wildman–Crippen MR) is 86.6 cm³/mol. The van der Waals surface area contributed by atoms with Crippen molar-refractivity contribution in [3.05, 3.63) is 53.4 Å². The molecule has 5 nitrogen and oxygen atoms in total. The van der Waals surface area contributed by atoms with Gasteiger partial charge in [-0.25, -0.2) is 0 Å². The van der Waals surface area contributed by atoms with Gasteiger partial charge in [0.25, 0.3) is 11.1 Å². The lowest BCUT2D eigenvalue weighted by Gasteiger charge is -2.03. The van der Waals surface area contributed by atoms with Crippen LogP contribution in [0.25, 0.3) is 10.8 Å². The van der Waals surface area contributed by atoms with Gasteiger partial charge in [0.2, 0.25) is 5.91 Å². The van der Waals surface area contributed by atoms with Crippen molar-refractivity contribution < 1.29 is 9.21 Å². The van der Waals surface area contributed by atoms with Gasteiger partial charge in [0, 0.05) is 6.54 Å². The van der Waals surface area contributed by atoms with E-state index in [0.717, 1.165) is 10.4 Å². The summed E-state index contributed by atoms with van der Waals surface area (Å²) in [4.78, 5) is 12.7. The number of thiophene rings is 1. The van der Waals surface area contributed by atoms with Crippen molar-refractivity contribution in [3.63, 3.8) is 0 Å². The maximum atomic E-state index is 11.8. The molecule has 2 heterocycles. The number of carbonyl (C=O) groups excluding carboxylic acids is 1. The molecule has 7 heteroatoms. The molecule has 0 atom stereocenters. The lowest BCUT2D eigenvalue weighted by molar-refractivity contribution is -0.118. The molecule has 0 aliphatic rings. The molecule has 3 aromatic rings. The zero-order valence-corrected chi connectivity index (χ0v) is 13.2. The summed E-state index contributed by atoms with van der Waals surface area (Å²) in [6, 6.07) is 13.6. The first-order valence-electron chi connectivity index (χ1n) is 6.62. The van der Waals surface area contributed by atoms with Gasteiger partial charge in [-0.15, -0.1) is 21.5 Å². The molecule has 1 aromatic carbocycles. The van der Waals surface area contributed by atoms with E-state index in [1.54, 1.807) is 0 Å². The van der Waals surface area contributed by atoms with E-state index in [-0.39, 0.29) is 11.7 Å². The topological polar surface area (TPSA) is 68.0 Å². The Hall–Kier alpha value is -2.12. The lowest BCUT2D eigenvalue weighted by atomic mass is 10.2. The maximum Gasteiger partial charge on any atom is 0.277 e. The third-order valence-electron chi connectivity index (χ3n) is 2.80. The number of hydrogen-bond donors (Lipinski definition) is 1. The normalized spacial score (nSPS) is 10.5. The Morgan fingerprint density at radius 1 is 1.18 bits per heavy atom. The van der Waals surface area contributed by atoms with E-state index in [4.69, 9.17) is 4.42 Å². The molecular formula is C15H13N3O2S2. The summed E-state index contributed by atoms with van der Waals surface area (Å²) < 4.78 is 5.51. The van der Waals surface area contributed by atoms with E-state index >= 15 is 0 Å². The van der Waals surface area contributed by atoms with E-state index in [9.17, 15) is 4.79 Å². The number of rotatable bonds is 6. The average Bonchev–Trinajstić information content (AvgIpc) is 3.22. The average molecular weight is 331 g/mol. The molecule has 0 aliphatic carbocycles. The summed E-state index contributed by atoms with van der Waals surface area (Å²) >= 11 is 2.77. The SMILES string of the molecule is O=C(CSc1nnc(-c2cccs2)o1)NCc1ccccc1. The summed E-state index contributed by atoms with van der Waals surface area (Å²) in [6.45, 7) is 0.518. The minimum atomic E-state index is -0.0651. The monoisotopic (exact) mass is 331 g/mol. The Labute approximate surface area is 135 Å². The summed E-state index contributed by atoms with van der Waals surface area (Å²) in [5.74, 6) is 0.672. The largest absolute Gasteiger partial charge is 0.410 e. The van der Waals surface area contributed by atoms with Gasteiger partial charge in [-0.05, 0) is 17.0 Å². The highest BCUT2D eigenvalue weighted by atomic mass is 32.2. The molecular weight excluding hydrogens is 318 g/mol. The molecule has 0 radical (unpaired) electrons. The smallest absolute Gasteiger partial charge is 0.277 e. The molecule has 0 bridgehead atoms. The number of thioether (sulfide) groups is 1. The quantitative estimate of drug-likeness (QED) is 0.703. The van der Waals surface area contributed by atoms with Crippen LogP contribution in [-0.4, -0.2) is 21.9 Å². The van der Waals surface area contributed by atoms with Crippen LogP contribution >= 0.6 is 23.1 Å². The first-order chi connectivity index (χ1) is 10.8. The van der Waals surface area contributed by atoms with E-state index in [1.165, 1.54) is 23.1 Å². The van der Waals surface area contributed by atoms with E-state index in [1.807, 2.05) is 47.8 Å². The molecule has 2 aromatic heterocycles. The minimum absolute atomic E-state index is 0.0651. The van der Waals surface area contributed by atoms with Crippen LogP contribution in [0.5, 0.6) is 0 Å². The van der Waals surface area contributed by atoms with Crippen molar-refractivity contribution in [2.24, 2.45) is 0 Å². The van der Waals surface area contributed by atoms with Crippen molar-refractivity contribution in [2.75, 3.05) is 5.75 Å². The van der Waals surface area contributed by atoms with Crippen LogP contribution in [0.1, 0.15) is 5.56 Å². The summed E-state index contributed by atoms with van der Waals surface area (Å²) in [6.07, 6.45) is 0. The van der Waals surface area contributed by atoms with E-state index < -0.39 is 0 Å². The zero-order valence-electron chi connectivity index (χ0n) is 11.6. The number of carbonyl (C=O) groups is 1. The highest BCUT2D eigenvalue weighted by molar-refractivity contribution is 7.99. The summed E-state index contributed by atoms with van der Waals surface area (Å²) in [5.41, 5.74) is 1.07. The molecule has 112 valence electrons. The van der Waals surface area contributed by atoms with E-state index in [0.29, 0.717) is 17.7 Å². The zero-order chi connectivity index (χ0) is 15.2. The fourth-order valence-corrected chi connectivity index (χ4v) is 2.98. The minimum Gasteiger partial charge on any atom is -0.410 e. The molecule has 0 unspecified atom stereocenters. The number of amides is 1. The lowest BCUT2D eigenvalue weighted by Crippen LogP contribution is -2.24. The Bertz CT molecular complexity index is 726. The van der Waals surface area contributed by atoms with Crippen LogP contribution in [0.3, 0.4) is 0 Å². The number of aromatic nitrogens is 2. The van der Waals surface area contributed by atoms with Crippen molar-refractivity contribution in [3.8, 4) is 10.8 Å². The fraction of sp³-hybridized carbons (Fsp3) is 0.133. The van der Waals surface area contributed by atoms with Gasteiger partial charge in [-0.1, -0.05) is 48.2 Å².